The monoisotopic (exact) mass is 263 g/mol. The highest BCUT2D eigenvalue weighted by atomic mass is 35.5. The molecule has 4 heteroatoms. The fourth-order valence-corrected chi connectivity index (χ4v) is 1.39. The van der Waals surface area contributed by atoms with E-state index in [1.54, 1.807) is 24.3 Å². The molecule has 0 aliphatic heterocycles. The molecule has 0 atom stereocenters. The normalized spacial score (nSPS) is 11.2. The smallest absolute Gasteiger partial charge is 0.348 e. The molecule has 0 radical (unpaired) electrons. The molecule has 0 aliphatic rings. The largest absolute Gasteiger partial charge is 0.461 e. The minimum Gasteiger partial charge on any atom is -0.461 e. The van der Waals surface area contributed by atoms with E-state index in [1.807, 2.05) is 19.9 Å². The summed E-state index contributed by atoms with van der Waals surface area (Å²) in [6, 6.07) is 8.82. The Morgan fingerprint density at radius 3 is 2.72 bits per heavy atom. The number of ether oxygens (including phenoxy) is 1. The highest BCUT2D eigenvalue weighted by Gasteiger charge is 2.12. The van der Waals surface area contributed by atoms with Crippen molar-refractivity contribution in [1.29, 1.82) is 5.26 Å². The Morgan fingerprint density at radius 1 is 1.50 bits per heavy atom. The second-order valence-electron chi connectivity index (χ2n) is 4.18. The number of rotatable bonds is 4. The molecule has 0 heterocycles. The summed E-state index contributed by atoms with van der Waals surface area (Å²) in [5, 5.41) is 9.44. The Bertz CT molecular complexity index is 501. The molecule has 0 amide bonds. The molecule has 0 bridgehead atoms. The van der Waals surface area contributed by atoms with Crippen LogP contribution in [0, 0.1) is 17.2 Å². The van der Waals surface area contributed by atoms with E-state index in [-0.39, 0.29) is 11.5 Å². The van der Waals surface area contributed by atoms with Gasteiger partial charge in [0.1, 0.15) is 11.6 Å². The molecule has 0 spiro atoms. The maximum absolute atomic E-state index is 11.6. The zero-order chi connectivity index (χ0) is 13.5. The summed E-state index contributed by atoms with van der Waals surface area (Å²) in [7, 11) is 0. The molecule has 1 rings (SSSR count). The van der Waals surface area contributed by atoms with Crippen LogP contribution in [0.5, 0.6) is 0 Å². The van der Waals surface area contributed by atoms with Gasteiger partial charge in [-0.15, -0.1) is 0 Å². The van der Waals surface area contributed by atoms with Gasteiger partial charge in [-0.3, -0.25) is 0 Å². The summed E-state index contributed by atoms with van der Waals surface area (Å²) in [6.45, 7) is 4.15. The van der Waals surface area contributed by atoms with Gasteiger partial charge in [0.15, 0.2) is 0 Å². The summed E-state index contributed by atoms with van der Waals surface area (Å²) in [4.78, 5) is 11.6. The van der Waals surface area contributed by atoms with Crippen LogP contribution in [0.4, 0.5) is 0 Å². The van der Waals surface area contributed by atoms with Crippen LogP contribution in [-0.2, 0) is 9.53 Å². The van der Waals surface area contributed by atoms with Crippen LogP contribution in [0.3, 0.4) is 0 Å². The van der Waals surface area contributed by atoms with E-state index < -0.39 is 5.97 Å². The van der Waals surface area contributed by atoms with Crippen LogP contribution in [0.15, 0.2) is 29.8 Å². The van der Waals surface area contributed by atoms with Crippen molar-refractivity contribution in [1.82, 2.24) is 0 Å². The van der Waals surface area contributed by atoms with E-state index in [2.05, 4.69) is 0 Å². The van der Waals surface area contributed by atoms with E-state index in [4.69, 9.17) is 21.6 Å². The quantitative estimate of drug-likeness (QED) is 0.475. The lowest BCUT2D eigenvalue weighted by molar-refractivity contribution is -0.139. The number of esters is 1. The molecule has 0 saturated carbocycles. The highest BCUT2D eigenvalue weighted by Crippen LogP contribution is 2.18. The second kappa shape index (κ2) is 6.83. The zero-order valence-corrected chi connectivity index (χ0v) is 11.1. The minimum absolute atomic E-state index is 0.0521. The van der Waals surface area contributed by atoms with Gasteiger partial charge in [0, 0.05) is 5.02 Å². The standard InChI is InChI=1S/C14H14ClNO2/c1-10(2)9-18-14(17)12(8-16)7-11-5-3-4-6-13(11)15/h3-7,10H,9H2,1-2H3. The third-order valence-electron chi connectivity index (χ3n) is 2.09. The number of hydrogen-bond donors (Lipinski definition) is 0. The molecular weight excluding hydrogens is 250 g/mol. The van der Waals surface area contributed by atoms with Gasteiger partial charge >= 0.3 is 5.97 Å². The van der Waals surface area contributed by atoms with E-state index in [1.165, 1.54) is 6.08 Å². The molecule has 0 aliphatic carbocycles. The van der Waals surface area contributed by atoms with Crippen LogP contribution in [0.2, 0.25) is 5.02 Å². The SMILES string of the molecule is CC(C)COC(=O)C(C#N)=Cc1ccccc1Cl. The van der Waals surface area contributed by atoms with Crippen LogP contribution in [-0.4, -0.2) is 12.6 Å². The molecule has 0 aromatic heterocycles. The molecular formula is C14H14ClNO2. The summed E-state index contributed by atoms with van der Waals surface area (Å²) in [5.41, 5.74) is 0.570. The first-order chi connectivity index (χ1) is 8.54. The van der Waals surface area contributed by atoms with Crippen molar-refractivity contribution in [2.75, 3.05) is 6.61 Å². The third kappa shape index (κ3) is 4.23. The summed E-state index contributed by atoms with van der Waals surface area (Å²) < 4.78 is 5.00. The fraction of sp³-hybridized carbons (Fsp3) is 0.286. The van der Waals surface area contributed by atoms with Crippen LogP contribution < -0.4 is 0 Å². The molecule has 3 nitrogen and oxygen atoms in total. The molecule has 0 unspecified atom stereocenters. The van der Waals surface area contributed by atoms with E-state index in [0.717, 1.165) is 0 Å². The summed E-state index contributed by atoms with van der Waals surface area (Å²) >= 11 is 5.95. The van der Waals surface area contributed by atoms with Gasteiger partial charge in [0.25, 0.3) is 0 Å². The molecule has 0 saturated heterocycles. The number of carbonyl (C=O) groups is 1. The Kier molecular flexibility index (Phi) is 5.41. The van der Waals surface area contributed by atoms with Crippen molar-refractivity contribution >= 4 is 23.6 Å². The third-order valence-corrected chi connectivity index (χ3v) is 2.44. The lowest BCUT2D eigenvalue weighted by Crippen LogP contribution is -2.11. The Morgan fingerprint density at radius 2 is 2.17 bits per heavy atom. The number of halogens is 1. The van der Waals surface area contributed by atoms with Crippen molar-refractivity contribution in [3.05, 3.63) is 40.4 Å². The van der Waals surface area contributed by atoms with E-state index in [9.17, 15) is 4.79 Å². The number of nitrogens with zero attached hydrogens (tertiary/aromatic N) is 1. The maximum atomic E-state index is 11.6. The second-order valence-corrected chi connectivity index (χ2v) is 4.59. The topological polar surface area (TPSA) is 50.1 Å². The Balaban J connectivity index is 2.87. The van der Waals surface area contributed by atoms with Gasteiger partial charge < -0.3 is 4.74 Å². The zero-order valence-electron chi connectivity index (χ0n) is 10.3. The Labute approximate surface area is 112 Å². The first-order valence-corrected chi connectivity index (χ1v) is 5.96. The number of benzene rings is 1. The van der Waals surface area contributed by atoms with Gasteiger partial charge in [-0.2, -0.15) is 5.26 Å². The fourth-order valence-electron chi connectivity index (χ4n) is 1.20. The predicted molar refractivity (Wildman–Crippen MR) is 70.8 cm³/mol. The molecule has 0 N–H and O–H groups in total. The van der Waals surface area contributed by atoms with Crippen LogP contribution >= 0.6 is 11.6 Å². The molecule has 18 heavy (non-hydrogen) atoms. The molecule has 94 valence electrons. The van der Waals surface area contributed by atoms with Crippen molar-refractivity contribution in [3.63, 3.8) is 0 Å². The number of nitriles is 1. The summed E-state index contributed by atoms with van der Waals surface area (Å²) in [5.74, 6) is -0.389. The number of carbonyl (C=O) groups excluding carboxylic acids is 1. The van der Waals surface area contributed by atoms with Gasteiger partial charge in [0.05, 0.1) is 6.61 Å². The minimum atomic E-state index is -0.619. The van der Waals surface area contributed by atoms with E-state index in [0.29, 0.717) is 17.2 Å². The van der Waals surface area contributed by atoms with Crippen molar-refractivity contribution in [2.24, 2.45) is 5.92 Å². The van der Waals surface area contributed by atoms with Crippen LogP contribution in [0.1, 0.15) is 19.4 Å². The van der Waals surface area contributed by atoms with E-state index >= 15 is 0 Å². The molecule has 0 fully saturated rings. The number of hydrogen-bond acceptors (Lipinski definition) is 3. The van der Waals surface area contributed by atoms with Crippen molar-refractivity contribution in [2.45, 2.75) is 13.8 Å². The molecule has 1 aromatic carbocycles. The maximum Gasteiger partial charge on any atom is 0.348 e. The lowest BCUT2D eigenvalue weighted by atomic mass is 10.1. The lowest BCUT2D eigenvalue weighted by Gasteiger charge is -2.06. The predicted octanol–water partition coefficient (Wildman–Crippen LogP) is 3.45. The summed E-state index contributed by atoms with van der Waals surface area (Å²) in [6.07, 6.45) is 1.44. The first-order valence-electron chi connectivity index (χ1n) is 5.58. The van der Waals surface area contributed by atoms with Gasteiger partial charge in [-0.05, 0) is 23.6 Å². The van der Waals surface area contributed by atoms with Gasteiger partial charge in [-0.25, -0.2) is 4.79 Å². The first kappa shape index (κ1) is 14.3. The van der Waals surface area contributed by atoms with Crippen molar-refractivity contribution in [3.8, 4) is 6.07 Å². The molecule has 1 aromatic rings. The van der Waals surface area contributed by atoms with Crippen molar-refractivity contribution < 1.29 is 9.53 Å². The average Bonchev–Trinajstić information content (AvgIpc) is 2.35. The average molecular weight is 264 g/mol. The Hall–Kier alpha value is -1.79. The highest BCUT2D eigenvalue weighted by molar-refractivity contribution is 6.32. The van der Waals surface area contributed by atoms with Crippen LogP contribution in [0.25, 0.3) is 6.08 Å². The van der Waals surface area contributed by atoms with Gasteiger partial charge in [0.2, 0.25) is 0 Å². The van der Waals surface area contributed by atoms with Gasteiger partial charge in [-0.1, -0.05) is 43.6 Å².